The molecule has 1 aromatic heterocycles. The fraction of sp³-hybridized carbons (Fsp3) is 0.474. The Kier molecular flexibility index (Phi) is 3.99. The lowest BCUT2D eigenvalue weighted by Gasteiger charge is -2.35. The molecule has 0 bridgehead atoms. The van der Waals surface area contributed by atoms with Crippen LogP contribution in [0.5, 0.6) is 0 Å². The van der Waals surface area contributed by atoms with Gasteiger partial charge >= 0.3 is 5.97 Å². The van der Waals surface area contributed by atoms with Gasteiger partial charge in [-0.2, -0.15) is 0 Å². The zero-order chi connectivity index (χ0) is 17.7. The molecule has 0 radical (unpaired) electrons. The number of benzene rings is 1. The molecule has 3 heterocycles. The van der Waals surface area contributed by atoms with E-state index in [2.05, 4.69) is 11.8 Å². The molecule has 2 aliphatic rings. The van der Waals surface area contributed by atoms with Crippen LogP contribution in [-0.2, 0) is 6.42 Å². The maximum absolute atomic E-state index is 12.7. The molecule has 2 aliphatic heterocycles. The predicted molar refractivity (Wildman–Crippen MR) is 99.3 cm³/mol. The summed E-state index contributed by atoms with van der Waals surface area (Å²) in [6, 6.07) is 1.83. The molecule has 0 amide bonds. The molecule has 1 aromatic carbocycles. The van der Waals surface area contributed by atoms with Crippen LogP contribution in [0.1, 0.15) is 54.6 Å². The van der Waals surface area contributed by atoms with Crippen molar-refractivity contribution in [2.75, 3.05) is 18.0 Å². The summed E-state index contributed by atoms with van der Waals surface area (Å²) in [5.41, 5.74) is 2.36. The Morgan fingerprint density at radius 1 is 1.28 bits per heavy atom. The van der Waals surface area contributed by atoms with E-state index in [9.17, 15) is 14.7 Å². The third-order valence-corrected chi connectivity index (χ3v) is 5.82. The van der Waals surface area contributed by atoms with E-state index in [1.807, 2.05) is 4.57 Å². The van der Waals surface area contributed by atoms with Crippen molar-refractivity contribution in [3.63, 3.8) is 0 Å². The molecule has 0 aliphatic carbocycles. The first-order chi connectivity index (χ1) is 12.0. The lowest BCUT2D eigenvalue weighted by Crippen LogP contribution is -2.32. The van der Waals surface area contributed by atoms with Gasteiger partial charge in [0.1, 0.15) is 5.56 Å². The quantitative estimate of drug-likeness (QED) is 0.883. The Morgan fingerprint density at radius 3 is 2.68 bits per heavy atom. The normalized spacial score (nSPS) is 20.1. The van der Waals surface area contributed by atoms with E-state index in [1.165, 1.54) is 12.6 Å². The van der Waals surface area contributed by atoms with Gasteiger partial charge in [0.05, 0.1) is 16.2 Å². The minimum Gasteiger partial charge on any atom is -0.477 e. The summed E-state index contributed by atoms with van der Waals surface area (Å²) >= 11 is 6.60. The largest absolute Gasteiger partial charge is 0.477 e. The highest BCUT2D eigenvalue weighted by Gasteiger charge is 2.28. The van der Waals surface area contributed by atoms with Gasteiger partial charge in [0.15, 0.2) is 0 Å². The van der Waals surface area contributed by atoms with Gasteiger partial charge in [0.2, 0.25) is 5.43 Å². The maximum atomic E-state index is 12.7. The number of carboxylic acids is 1. The first-order valence-corrected chi connectivity index (χ1v) is 9.25. The highest BCUT2D eigenvalue weighted by atomic mass is 35.5. The SMILES string of the molecule is CC1CCc2c(N3CCCCC3)c(Cl)cc3c(=O)c(C(=O)O)cn1c23. The van der Waals surface area contributed by atoms with Gasteiger partial charge in [0.25, 0.3) is 0 Å². The van der Waals surface area contributed by atoms with Crippen molar-refractivity contribution in [3.05, 3.63) is 38.6 Å². The summed E-state index contributed by atoms with van der Waals surface area (Å²) in [4.78, 5) is 26.5. The molecule has 132 valence electrons. The molecule has 25 heavy (non-hydrogen) atoms. The lowest BCUT2D eigenvalue weighted by molar-refractivity contribution is 0.0694. The van der Waals surface area contributed by atoms with E-state index in [4.69, 9.17) is 11.6 Å². The maximum Gasteiger partial charge on any atom is 0.341 e. The number of pyridine rings is 1. The number of anilines is 1. The Balaban J connectivity index is 2.06. The molecule has 0 saturated carbocycles. The van der Waals surface area contributed by atoms with E-state index in [0.717, 1.165) is 55.5 Å². The van der Waals surface area contributed by atoms with Crippen LogP contribution in [0.4, 0.5) is 5.69 Å². The van der Waals surface area contributed by atoms with Crippen LogP contribution in [-0.4, -0.2) is 28.7 Å². The van der Waals surface area contributed by atoms with Crippen molar-refractivity contribution in [2.24, 2.45) is 0 Å². The Hall–Kier alpha value is -2.01. The number of hydrogen-bond acceptors (Lipinski definition) is 3. The first kappa shape index (κ1) is 16.5. The van der Waals surface area contributed by atoms with Gasteiger partial charge in [-0.1, -0.05) is 11.6 Å². The number of nitrogens with zero attached hydrogens (tertiary/aromatic N) is 2. The summed E-state index contributed by atoms with van der Waals surface area (Å²) in [7, 11) is 0. The first-order valence-electron chi connectivity index (χ1n) is 8.87. The molecule has 1 N–H and O–H groups in total. The Bertz CT molecular complexity index is 929. The average Bonchev–Trinajstić information content (AvgIpc) is 2.60. The van der Waals surface area contributed by atoms with Crippen molar-refractivity contribution < 1.29 is 9.90 Å². The second-order valence-corrected chi connectivity index (χ2v) is 7.51. The molecule has 2 aromatic rings. The van der Waals surface area contributed by atoms with Gasteiger partial charge in [-0.15, -0.1) is 0 Å². The number of carboxylic acid groups (broad SMARTS) is 1. The van der Waals surface area contributed by atoms with E-state index >= 15 is 0 Å². The second kappa shape index (κ2) is 6.06. The van der Waals surface area contributed by atoms with Crippen LogP contribution in [0.25, 0.3) is 10.9 Å². The van der Waals surface area contributed by atoms with Crippen molar-refractivity contribution in [1.82, 2.24) is 4.57 Å². The van der Waals surface area contributed by atoms with Crippen molar-refractivity contribution >= 4 is 34.2 Å². The van der Waals surface area contributed by atoms with Crippen LogP contribution in [0, 0.1) is 0 Å². The number of carbonyl (C=O) groups is 1. The molecule has 5 nitrogen and oxygen atoms in total. The Labute approximate surface area is 150 Å². The number of aromatic nitrogens is 1. The fourth-order valence-corrected chi connectivity index (χ4v) is 4.59. The number of aryl methyl sites for hydroxylation is 1. The minimum atomic E-state index is -1.19. The number of hydrogen-bond donors (Lipinski definition) is 1. The van der Waals surface area contributed by atoms with Crippen LogP contribution in [0.3, 0.4) is 0 Å². The van der Waals surface area contributed by atoms with E-state index in [-0.39, 0.29) is 11.6 Å². The fourth-order valence-electron chi connectivity index (χ4n) is 4.25. The molecule has 0 spiro atoms. The number of aromatic carboxylic acids is 1. The topological polar surface area (TPSA) is 62.5 Å². The van der Waals surface area contributed by atoms with Gasteiger partial charge in [0, 0.05) is 36.3 Å². The van der Waals surface area contributed by atoms with E-state index in [1.54, 1.807) is 6.07 Å². The molecule has 1 unspecified atom stereocenters. The van der Waals surface area contributed by atoms with Crippen LogP contribution in [0.15, 0.2) is 17.1 Å². The molecular weight excluding hydrogens is 340 g/mol. The van der Waals surface area contributed by atoms with Crippen LogP contribution < -0.4 is 10.3 Å². The highest BCUT2D eigenvalue weighted by molar-refractivity contribution is 6.34. The smallest absolute Gasteiger partial charge is 0.341 e. The summed E-state index contributed by atoms with van der Waals surface area (Å²) in [5.74, 6) is -1.19. The van der Waals surface area contributed by atoms with Gasteiger partial charge in [-0.05, 0) is 45.1 Å². The van der Waals surface area contributed by atoms with Crippen LogP contribution >= 0.6 is 11.6 Å². The third kappa shape index (κ3) is 2.53. The summed E-state index contributed by atoms with van der Waals surface area (Å²) in [6.45, 7) is 4.02. The number of rotatable bonds is 2. The molecule has 4 rings (SSSR count). The zero-order valence-electron chi connectivity index (χ0n) is 14.2. The molecule has 1 saturated heterocycles. The van der Waals surface area contributed by atoms with Crippen LogP contribution in [0.2, 0.25) is 5.02 Å². The molecule has 1 atom stereocenters. The van der Waals surface area contributed by atoms with Crippen molar-refractivity contribution in [2.45, 2.75) is 45.1 Å². The molecule has 6 heteroatoms. The zero-order valence-corrected chi connectivity index (χ0v) is 15.0. The number of piperidine rings is 1. The highest BCUT2D eigenvalue weighted by Crippen LogP contribution is 2.41. The van der Waals surface area contributed by atoms with E-state index in [0.29, 0.717) is 10.4 Å². The molecule has 1 fully saturated rings. The Morgan fingerprint density at radius 2 is 2.00 bits per heavy atom. The van der Waals surface area contributed by atoms with E-state index < -0.39 is 11.4 Å². The monoisotopic (exact) mass is 360 g/mol. The average molecular weight is 361 g/mol. The molecular formula is C19H21ClN2O3. The standard InChI is InChI=1S/C19H21ClN2O3/c1-11-5-6-12-16-13(18(23)14(19(24)25)10-22(11)16)9-15(20)17(12)21-7-3-2-4-8-21/h9-11H,2-8H2,1H3,(H,24,25). The lowest BCUT2D eigenvalue weighted by atomic mass is 9.93. The predicted octanol–water partition coefficient (Wildman–Crippen LogP) is 3.85. The summed E-state index contributed by atoms with van der Waals surface area (Å²) in [5, 5.41) is 10.4. The third-order valence-electron chi connectivity index (χ3n) is 5.53. The second-order valence-electron chi connectivity index (χ2n) is 7.10. The van der Waals surface area contributed by atoms with Gasteiger partial charge in [-0.3, -0.25) is 4.79 Å². The van der Waals surface area contributed by atoms with Gasteiger partial charge in [-0.25, -0.2) is 4.79 Å². The number of halogens is 1. The van der Waals surface area contributed by atoms with Gasteiger partial charge < -0.3 is 14.6 Å². The minimum absolute atomic E-state index is 0.157. The van der Waals surface area contributed by atoms with Crippen molar-refractivity contribution in [3.8, 4) is 0 Å². The van der Waals surface area contributed by atoms with Crippen molar-refractivity contribution in [1.29, 1.82) is 0 Å². The summed E-state index contributed by atoms with van der Waals surface area (Å²) in [6.07, 6.45) is 6.81. The summed E-state index contributed by atoms with van der Waals surface area (Å²) < 4.78 is 1.96.